The lowest BCUT2D eigenvalue weighted by Crippen LogP contribution is -2.69. The fourth-order valence-corrected chi connectivity index (χ4v) is 2.43. The molecule has 0 bridgehead atoms. The quantitative estimate of drug-likeness (QED) is 0.633. The van der Waals surface area contributed by atoms with Crippen molar-refractivity contribution in [2.24, 2.45) is 17.3 Å². The number of hydrogen-bond acceptors (Lipinski definition) is 1. The lowest BCUT2D eigenvalue weighted by atomic mass is 9.65. The van der Waals surface area contributed by atoms with Crippen molar-refractivity contribution >= 4 is 0 Å². The first-order valence-corrected chi connectivity index (χ1v) is 5.60. The summed E-state index contributed by atoms with van der Waals surface area (Å²) in [6.45, 7) is 14.6. The molecule has 1 aliphatic carbocycles. The number of likely N-dealkylation sites (tertiary alicyclic amines) is 1. The standard InChI is InChI=1S/C12H23N/c1-9-6-10(9)7-13-8-11(2,3)12(13,4)5/h9-10H,6-8H2,1-5H3. The smallest absolute Gasteiger partial charge is 0.0216 e. The predicted molar refractivity (Wildman–Crippen MR) is 56.7 cm³/mol. The minimum absolute atomic E-state index is 0.426. The highest BCUT2D eigenvalue weighted by Gasteiger charge is 2.53. The molecule has 1 saturated heterocycles. The molecule has 13 heavy (non-hydrogen) atoms. The van der Waals surface area contributed by atoms with Gasteiger partial charge in [0.1, 0.15) is 0 Å². The van der Waals surface area contributed by atoms with Gasteiger partial charge in [0, 0.05) is 18.6 Å². The van der Waals surface area contributed by atoms with E-state index in [0.29, 0.717) is 11.0 Å². The fraction of sp³-hybridized carbons (Fsp3) is 1.00. The van der Waals surface area contributed by atoms with Gasteiger partial charge < -0.3 is 0 Å². The van der Waals surface area contributed by atoms with E-state index >= 15 is 0 Å². The zero-order chi connectivity index (χ0) is 9.85. The highest BCUT2D eigenvalue weighted by molar-refractivity contribution is 5.07. The molecule has 0 N–H and O–H groups in total. The third-order valence-electron chi connectivity index (χ3n) is 4.76. The van der Waals surface area contributed by atoms with E-state index in [9.17, 15) is 0 Å². The molecule has 1 heteroatoms. The number of nitrogens with zero attached hydrogens (tertiary/aromatic N) is 1. The first-order valence-electron chi connectivity index (χ1n) is 5.60. The van der Waals surface area contributed by atoms with E-state index in [2.05, 4.69) is 39.5 Å². The van der Waals surface area contributed by atoms with Gasteiger partial charge in [0.05, 0.1) is 0 Å². The molecule has 1 saturated carbocycles. The van der Waals surface area contributed by atoms with Crippen LogP contribution in [0.4, 0.5) is 0 Å². The Labute approximate surface area is 82.5 Å². The molecular formula is C12H23N. The lowest BCUT2D eigenvalue weighted by Gasteiger charge is -2.61. The maximum absolute atomic E-state index is 2.67. The van der Waals surface area contributed by atoms with Gasteiger partial charge in [-0.15, -0.1) is 0 Å². The summed E-state index contributed by atoms with van der Waals surface area (Å²) in [6.07, 6.45) is 1.47. The molecule has 2 rings (SSSR count). The van der Waals surface area contributed by atoms with Crippen LogP contribution >= 0.6 is 0 Å². The topological polar surface area (TPSA) is 3.24 Å². The monoisotopic (exact) mass is 181 g/mol. The summed E-state index contributed by atoms with van der Waals surface area (Å²) in [5, 5.41) is 0. The summed E-state index contributed by atoms with van der Waals surface area (Å²) in [5.74, 6) is 2.01. The summed E-state index contributed by atoms with van der Waals surface area (Å²) in [4.78, 5) is 2.67. The summed E-state index contributed by atoms with van der Waals surface area (Å²) in [6, 6.07) is 0. The summed E-state index contributed by atoms with van der Waals surface area (Å²) in [7, 11) is 0. The Morgan fingerprint density at radius 2 is 1.77 bits per heavy atom. The minimum atomic E-state index is 0.426. The molecule has 0 amide bonds. The maximum atomic E-state index is 2.67. The molecule has 2 fully saturated rings. The van der Waals surface area contributed by atoms with Crippen LogP contribution in [0.3, 0.4) is 0 Å². The average Bonchev–Trinajstić information content (AvgIpc) is 2.65. The first kappa shape index (κ1) is 9.51. The Kier molecular flexibility index (Phi) is 1.83. The van der Waals surface area contributed by atoms with Gasteiger partial charge in [-0.1, -0.05) is 20.8 Å². The molecule has 0 aromatic heterocycles. The zero-order valence-corrected chi connectivity index (χ0v) is 9.72. The number of rotatable bonds is 2. The zero-order valence-electron chi connectivity index (χ0n) is 9.72. The highest BCUT2D eigenvalue weighted by atomic mass is 15.3. The molecule has 1 nitrogen and oxygen atoms in total. The normalized spacial score (nSPS) is 41.3. The van der Waals surface area contributed by atoms with Crippen molar-refractivity contribution in [2.45, 2.75) is 46.6 Å². The van der Waals surface area contributed by atoms with Gasteiger partial charge in [0.2, 0.25) is 0 Å². The molecule has 2 aliphatic rings. The molecule has 0 aromatic rings. The predicted octanol–water partition coefficient (Wildman–Crippen LogP) is 2.76. The van der Waals surface area contributed by atoms with Crippen LogP contribution in [0.2, 0.25) is 0 Å². The van der Waals surface area contributed by atoms with Crippen LogP contribution in [0.5, 0.6) is 0 Å². The molecule has 1 heterocycles. The van der Waals surface area contributed by atoms with Crippen molar-refractivity contribution in [1.82, 2.24) is 4.90 Å². The van der Waals surface area contributed by atoms with Gasteiger partial charge in [-0.05, 0) is 37.5 Å². The Balaban J connectivity index is 1.90. The van der Waals surface area contributed by atoms with Crippen LogP contribution in [-0.4, -0.2) is 23.5 Å². The van der Waals surface area contributed by atoms with E-state index in [0.717, 1.165) is 11.8 Å². The lowest BCUT2D eigenvalue weighted by molar-refractivity contribution is -0.119. The third-order valence-corrected chi connectivity index (χ3v) is 4.76. The van der Waals surface area contributed by atoms with Gasteiger partial charge in [0.25, 0.3) is 0 Å². The molecule has 0 aromatic carbocycles. The number of hydrogen-bond donors (Lipinski definition) is 0. The average molecular weight is 181 g/mol. The molecule has 0 spiro atoms. The van der Waals surface area contributed by atoms with E-state index in [-0.39, 0.29) is 0 Å². The second-order valence-electron chi connectivity index (χ2n) is 6.30. The third kappa shape index (κ3) is 1.32. The first-order chi connectivity index (χ1) is 5.84. The maximum Gasteiger partial charge on any atom is 0.0216 e. The molecule has 1 aliphatic heterocycles. The Morgan fingerprint density at radius 1 is 1.23 bits per heavy atom. The van der Waals surface area contributed by atoms with Crippen LogP contribution in [0.1, 0.15) is 41.0 Å². The van der Waals surface area contributed by atoms with Crippen molar-refractivity contribution in [3.8, 4) is 0 Å². The summed E-state index contributed by atoms with van der Waals surface area (Å²) >= 11 is 0. The van der Waals surface area contributed by atoms with Crippen LogP contribution in [0.25, 0.3) is 0 Å². The summed E-state index contributed by atoms with van der Waals surface area (Å²) < 4.78 is 0. The van der Waals surface area contributed by atoms with Gasteiger partial charge in [-0.2, -0.15) is 0 Å². The van der Waals surface area contributed by atoms with E-state index in [1.807, 2.05) is 0 Å². The molecular weight excluding hydrogens is 158 g/mol. The van der Waals surface area contributed by atoms with Crippen LogP contribution in [-0.2, 0) is 0 Å². The van der Waals surface area contributed by atoms with Crippen molar-refractivity contribution in [1.29, 1.82) is 0 Å². The van der Waals surface area contributed by atoms with Gasteiger partial charge in [-0.3, -0.25) is 4.90 Å². The summed E-state index contributed by atoms with van der Waals surface area (Å²) in [5.41, 5.74) is 0.945. The van der Waals surface area contributed by atoms with Gasteiger partial charge in [0.15, 0.2) is 0 Å². The van der Waals surface area contributed by atoms with Crippen molar-refractivity contribution in [3.63, 3.8) is 0 Å². The van der Waals surface area contributed by atoms with Crippen molar-refractivity contribution in [3.05, 3.63) is 0 Å². The molecule has 2 unspecified atom stereocenters. The van der Waals surface area contributed by atoms with E-state index in [1.165, 1.54) is 19.5 Å². The Morgan fingerprint density at radius 3 is 2.08 bits per heavy atom. The van der Waals surface area contributed by atoms with Gasteiger partial charge in [-0.25, -0.2) is 0 Å². The van der Waals surface area contributed by atoms with Crippen LogP contribution < -0.4 is 0 Å². The van der Waals surface area contributed by atoms with Crippen molar-refractivity contribution in [2.75, 3.05) is 13.1 Å². The van der Waals surface area contributed by atoms with Crippen LogP contribution in [0.15, 0.2) is 0 Å². The molecule has 76 valence electrons. The Bertz CT molecular complexity index is 217. The molecule has 2 atom stereocenters. The van der Waals surface area contributed by atoms with Crippen LogP contribution in [0, 0.1) is 17.3 Å². The Hall–Kier alpha value is -0.0400. The second-order valence-corrected chi connectivity index (χ2v) is 6.30. The van der Waals surface area contributed by atoms with E-state index in [1.54, 1.807) is 0 Å². The minimum Gasteiger partial charge on any atom is -0.297 e. The fourth-order valence-electron chi connectivity index (χ4n) is 2.43. The molecule has 0 radical (unpaired) electrons. The van der Waals surface area contributed by atoms with E-state index < -0.39 is 0 Å². The highest BCUT2D eigenvalue weighted by Crippen LogP contribution is 2.49. The SMILES string of the molecule is CC1CC1CN1CC(C)(C)C1(C)C. The van der Waals surface area contributed by atoms with Gasteiger partial charge >= 0.3 is 0 Å². The van der Waals surface area contributed by atoms with E-state index in [4.69, 9.17) is 0 Å². The van der Waals surface area contributed by atoms with Crippen molar-refractivity contribution < 1.29 is 0 Å². The second kappa shape index (κ2) is 2.50. The largest absolute Gasteiger partial charge is 0.297 e.